The fourth-order valence-electron chi connectivity index (χ4n) is 8.05. The molecule has 0 radical (unpaired) electrons. The van der Waals surface area contributed by atoms with Crippen LogP contribution in [0.5, 0.6) is 0 Å². The van der Waals surface area contributed by atoms with Gasteiger partial charge in [-0.2, -0.15) is 0 Å². The maximum absolute atomic E-state index is 2.41. The summed E-state index contributed by atoms with van der Waals surface area (Å²) in [5.41, 5.74) is 16.5. The standard InChI is InChI=1S/C54H38N2/c1-3-13-39(14-4-1)42-27-33-46(34-28-42)55(47-35-29-43(30-36-47)40-15-5-2-6-16-40)48-37-31-44(32-38-48)41-23-25-45(26-24-41)49-17-7-10-20-52(49)56-53-21-11-8-18-50(53)51-19-9-12-22-54(51)56/h1-38H. The second kappa shape index (κ2) is 14.4. The van der Waals surface area contributed by atoms with Crippen LogP contribution in [-0.2, 0) is 0 Å². The Bertz CT molecular complexity index is 2770. The van der Waals surface area contributed by atoms with Crippen LogP contribution in [-0.4, -0.2) is 4.57 Å². The Morgan fingerprint density at radius 1 is 0.250 bits per heavy atom. The third-order valence-electron chi connectivity index (χ3n) is 10.8. The van der Waals surface area contributed by atoms with E-state index < -0.39 is 0 Å². The fraction of sp³-hybridized carbons (Fsp3) is 0. The number of anilines is 3. The molecule has 0 amide bonds. The molecule has 56 heavy (non-hydrogen) atoms. The van der Waals surface area contributed by atoms with Crippen molar-refractivity contribution in [1.29, 1.82) is 0 Å². The monoisotopic (exact) mass is 714 g/mol. The smallest absolute Gasteiger partial charge is 0.0541 e. The molecule has 0 atom stereocenters. The van der Waals surface area contributed by atoms with E-state index in [9.17, 15) is 0 Å². The molecule has 0 bridgehead atoms. The third kappa shape index (κ3) is 6.14. The van der Waals surface area contributed by atoms with Gasteiger partial charge < -0.3 is 9.47 Å². The van der Waals surface area contributed by atoms with Crippen molar-refractivity contribution in [1.82, 2.24) is 4.57 Å². The first kappa shape index (κ1) is 33.2. The maximum Gasteiger partial charge on any atom is 0.0541 e. The minimum atomic E-state index is 1.10. The molecular formula is C54H38N2. The molecule has 0 aliphatic heterocycles. The molecule has 2 heteroatoms. The Labute approximate surface area is 327 Å². The predicted octanol–water partition coefficient (Wildman–Crippen LogP) is 14.9. The number of aromatic nitrogens is 1. The number of nitrogens with zero attached hydrogens (tertiary/aromatic N) is 2. The molecule has 0 aliphatic rings. The molecule has 0 saturated heterocycles. The first-order valence-electron chi connectivity index (χ1n) is 19.2. The Morgan fingerprint density at radius 2 is 0.571 bits per heavy atom. The summed E-state index contributed by atoms with van der Waals surface area (Å²) in [7, 11) is 0. The Balaban J connectivity index is 0.979. The second-order valence-electron chi connectivity index (χ2n) is 14.2. The summed E-state index contributed by atoms with van der Waals surface area (Å²) in [4.78, 5) is 2.34. The fourth-order valence-corrected chi connectivity index (χ4v) is 8.05. The molecule has 0 unspecified atom stereocenters. The van der Waals surface area contributed by atoms with Gasteiger partial charge in [0.05, 0.1) is 16.7 Å². The van der Waals surface area contributed by atoms with Crippen molar-refractivity contribution >= 4 is 38.9 Å². The van der Waals surface area contributed by atoms with E-state index in [0.29, 0.717) is 0 Å². The number of hydrogen-bond donors (Lipinski definition) is 0. The zero-order valence-electron chi connectivity index (χ0n) is 30.8. The van der Waals surface area contributed by atoms with Gasteiger partial charge in [-0.3, -0.25) is 0 Å². The summed E-state index contributed by atoms with van der Waals surface area (Å²) >= 11 is 0. The molecule has 1 aromatic heterocycles. The Morgan fingerprint density at radius 3 is 1.02 bits per heavy atom. The van der Waals surface area contributed by atoms with Crippen molar-refractivity contribution in [3.05, 3.63) is 231 Å². The lowest BCUT2D eigenvalue weighted by Crippen LogP contribution is -2.09. The molecule has 10 aromatic rings. The average Bonchev–Trinajstić information content (AvgIpc) is 3.62. The second-order valence-corrected chi connectivity index (χ2v) is 14.2. The van der Waals surface area contributed by atoms with Crippen molar-refractivity contribution in [2.75, 3.05) is 4.90 Å². The molecule has 0 saturated carbocycles. The predicted molar refractivity (Wildman–Crippen MR) is 237 cm³/mol. The zero-order valence-corrected chi connectivity index (χ0v) is 30.8. The van der Waals surface area contributed by atoms with Crippen LogP contribution in [0.25, 0.3) is 72.0 Å². The van der Waals surface area contributed by atoms with E-state index in [-0.39, 0.29) is 0 Å². The lowest BCUT2D eigenvalue weighted by Gasteiger charge is -2.26. The van der Waals surface area contributed by atoms with Crippen LogP contribution in [0.1, 0.15) is 0 Å². The lowest BCUT2D eigenvalue weighted by atomic mass is 9.98. The molecule has 2 nitrogen and oxygen atoms in total. The molecule has 0 N–H and O–H groups in total. The summed E-state index contributed by atoms with van der Waals surface area (Å²) in [5.74, 6) is 0. The zero-order chi connectivity index (χ0) is 37.3. The number of hydrogen-bond acceptors (Lipinski definition) is 1. The van der Waals surface area contributed by atoms with Crippen LogP contribution in [0.15, 0.2) is 231 Å². The molecule has 9 aromatic carbocycles. The minimum Gasteiger partial charge on any atom is -0.311 e. The van der Waals surface area contributed by atoms with Crippen LogP contribution in [0, 0.1) is 0 Å². The first-order valence-corrected chi connectivity index (χ1v) is 19.2. The van der Waals surface area contributed by atoms with Crippen LogP contribution < -0.4 is 4.90 Å². The SMILES string of the molecule is c1ccc(-c2ccc(N(c3ccc(-c4ccccc4)cc3)c3ccc(-c4ccc(-c5ccccc5-n5c6ccccc6c6ccccc65)cc4)cc3)cc2)cc1. The highest BCUT2D eigenvalue weighted by Gasteiger charge is 2.16. The quantitative estimate of drug-likeness (QED) is 0.152. The van der Waals surface area contributed by atoms with E-state index in [1.54, 1.807) is 0 Å². The summed E-state index contributed by atoms with van der Waals surface area (Å²) in [6, 6.07) is 82.9. The van der Waals surface area contributed by atoms with Gasteiger partial charge in [-0.25, -0.2) is 0 Å². The van der Waals surface area contributed by atoms with Gasteiger partial charge in [0, 0.05) is 33.4 Å². The summed E-state index contributed by atoms with van der Waals surface area (Å²) < 4.78 is 2.41. The van der Waals surface area contributed by atoms with Gasteiger partial charge in [0.15, 0.2) is 0 Å². The van der Waals surface area contributed by atoms with Crippen molar-refractivity contribution < 1.29 is 0 Å². The van der Waals surface area contributed by atoms with Crippen molar-refractivity contribution in [2.45, 2.75) is 0 Å². The van der Waals surface area contributed by atoms with Gasteiger partial charge in [0.1, 0.15) is 0 Å². The van der Waals surface area contributed by atoms with E-state index in [0.717, 1.165) is 17.1 Å². The Kier molecular flexibility index (Phi) is 8.55. The van der Waals surface area contributed by atoms with Gasteiger partial charge >= 0.3 is 0 Å². The average molecular weight is 715 g/mol. The summed E-state index contributed by atoms with van der Waals surface area (Å²) in [6.07, 6.45) is 0. The minimum absolute atomic E-state index is 1.10. The van der Waals surface area contributed by atoms with Crippen LogP contribution in [0.4, 0.5) is 17.1 Å². The van der Waals surface area contributed by atoms with Crippen LogP contribution in [0.3, 0.4) is 0 Å². The summed E-state index contributed by atoms with van der Waals surface area (Å²) in [5, 5.41) is 2.53. The number of rotatable bonds is 8. The topological polar surface area (TPSA) is 8.17 Å². The lowest BCUT2D eigenvalue weighted by molar-refractivity contribution is 1.18. The van der Waals surface area contributed by atoms with Crippen molar-refractivity contribution in [3.8, 4) is 50.2 Å². The van der Waals surface area contributed by atoms with E-state index in [4.69, 9.17) is 0 Å². The highest BCUT2D eigenvalue weighted by atomic mass is 15.1. The van der Waals surface area contributed by atoms with Crippen LogP contribution in [0.2, 0.25) is 0 Å². The van der Waals surface area contributed by atoms with E-state index in [1.165, 1.54) is 72.0 Å². The highest BCUT2D eigenvalue weighted by Crippen LogP contribution is 2.39. The number of fused-ring (bicyclic) bond motifs is 3. The normalized spacial score (nSPS) is 11.2. The molecule has 0 aliphatic carbocycles. The molecule has 264 valence electrons. The van der Waals surface area contributed by atoms with Crippen molar-refractivity contribution in [2.24, 2.45) is 0 Å². The van der Waals surface area contributed by atoms with Gasteiger partial charge in [-0.1, -0.05) is 176 Å². The number of benzene rings is 9. The molecule has 0 spiro atoms. The first-order chi connectivity index (χ1) is 27.8. The third-order valence-corrected chi connectivity index (χ3v) is 10.8. The van der Waals surface area contributed by atoms with Crippen molar-refractivity contribution in [3.63, 3.8) is 0 Å². The Hall–Kier alpha value is -7.42. The van der Waals surface area contributed by atoms with Gasteiger partial charge in [-0.15, -0.1) is 0 Å². The van der Waals surface area contributed by atoms with Gasteiger partial charge in [0.2, 0.25) is 0 Å². The van der Waals surface area contributed by atoms with Gasteiger partial charge in [-0.05, 0) is 93.5 Å². The molecule has 1 heterocycles. The summed E-state index contributed by atoms with van der Waals surface area (Å²) in [6.45, 7) is 0. The van der Waals surface area contributed by atoms with Gasteiger partial charge in [0.25, 0.3) is 0 Å². The highest BCUT2D eigenvalue weighted by molar-refractivity contribution is 6.09. The molecule has 0 fully saturated rings. The van der Waals surface area contributed by atoms with E-state index in [1.807, 2.05) is 0 Å². The molecule has 10 rings (SSSR count). The maximum atomic E-state index is 2.41. The van der Waals surface area contributed by atoms with E-state index in [2.05, 4.69) is 240 Å². The van der Waals surface area contributed by atoms with Crippen LogP contribution >= 0.6 is 0 Å². The molecular weight excluding hydrogens is 677 g/mol. The largest absolute Gasteiger partial charge is 0.311 e. The van der Waals surface area contributed by atoms with E-state index >= 15 is 0 Å². The number of para-hydroxylation sites is 3.